The van der Waals surface area contributed by atoms with Crippen molar-refractivity contribution in [3.8, 4) is 11.5 Å². The molecule has 0 aliphatic carbocycles. The van der Waals surface area contributed by atoms with Gasteiger partial charge in [-0.25, -0.2) is 10.5 Å². The predicted molar refractivity (Wildman–Crippen MR) is 169 cm³/mol. The molecule has 0 bridgehead atoms. The first-order valence-corrected chi connectivity index (χ1v) is 17.3. The van der Waals surface area contributed by atoms with Crippen LogP contribution in [0.25, 0.3) is 0 Å². The van der Waals surface area contributed by atoms with Crippen LogP contribution in [0.5, 0.6) is 11.5 Å². The number of rotatable bonds is 17. The van der Waals surface area contributed by atoms with E-state index in [4.69, 9.17) is 20.0 Å². The second-order valence-electron chi connectivity index (χ2n) is 11.9. The lowest BCUT2D eigenvalue weighted by atomic mass is 9.86. The first-order chi connectivity index (χ1) is 20.3. The fraction of sp³-hybridized carbons (Fsp3) is 0.594. The van der Waals surface area contributed by atoms with E-state index in [1.54, 1.807) is 0 Å². The van der Waals surface area contributed by atoms with Crippen LogP contribution in [0.1, 0.15) is 109 Å². The standard InChI is InChI=1S/C32H46O9P2/c1-22(2)11-8-12-23(3)13-9-14-24(4)15-10-19-32(7)20-18-27-21-28(25(5)26(6)31(27)39-32)38-29(33)16-17-30(42(36)40-34)43(37)41-35/h11,13,15,21,30H,8-10,12,14,16-20H2,1-7H3/p+2/b23-13-,24-15-. The third-order valence-electron chi connectivity index (χ3n) is 7.91. The number of hydrogen-bond acceptors (Lipinski definition) is 9. The van der Waals surface area contributed by atoms with Crippen LogP contribution in [-0.2, 0) is 29.7 Å². The molecular weight excluding hydrogens is 590 g/mol. The van der Waals surface area contributed by atoms with Crippen LogP contribution in [0.4, 0.5) is 0 Å². The fourth-order valence-corrected chi connectivity index (χ4v) is 6.78. The normalized spacial score (nSPS) is 18.3. The zero-order chi connectivity index (χ0) is 32.2. The second-order valence-corrected chi connectivity index (χ2v) is 15.0. The molecule has 1 aliphatic rings. The summed E-state index contributed by atoms with van der Waals surface area (Å²) in [4.78, 5) is 12.5. The highest BCUT2D eigenvalue weighted by atomic mass is 31.2. The monoisotopic (exact) mass is 638 g/mol. The van der Waals surface area contributed by atoms with E-state index in [0.29, 0.717) is 5.75 Å². The minimum Gasteiger partial charge on any atom is -0.487 e. The molecule has 0 saturated heterocycles. The molecule has 3 unspecified atom stereocenters. The molecule has 9 nitrogen and oxygen atoms in total. The largest absolute Gasteiger partial charge is 0.598 e. The lowest BCUT2D eigenvalue weighted by Crippen LogP contribution is -2.36. The van der Waals surface area contributed by atoms with E-state index in [-0.39, 0.29) is 18.4 Å². The Morgan fingerprint density at radius 2 is 1.53 bits per heavy atom. The van der Waals surface area contributed by atoms with Gasteiger partial charge in [-0.15, -0.1) is 0 Å². The van der Waals surface area contributed by atoms with Crippen molar-refractivity contribution in [3.63, 3.8) is 0 Å². The Balaban J connectivity index is 1.95. The summed E-state index contributed by atoms with van der Waals surface area (Å²) >= 11 is 0. The molecule has 2 rings (SSSR count). The van der Waals surface area contributed by atoms with E-state index in [0.717, 1.165) is 73.8 Å². The fourth-order valence-electron chi connectivity index (χ4n) is 5.01. The van der Waals surface area contributed by atoms with Crippen molar-refractivity contribution in [2.75, 3.05) is 0 Å². The molecule has 43 heavy (non-hydrogen) atoms. The highest BCUT2D eigenvalue weighted by Gasteiger charge is 2.53. The van der Waals surface area contributed by atoms with Gasteiger partial charge >= 0.3 is 27.4 Å². The Bertz CT molecular complexity index is 1230. The molecule has 1 heterocycles. The molecule has 238 valence electrons. The van der Waals surface area contributed by atoms with Crippen LogP contribution in [0.2, 0.25) is 0 Å². The summed E-state index contributed by atoms with van der Waals surface area (Å²) < 4.78 is 43.1. The topological polar surface area (TPSA) is 129 Å². The number of aryl methyl sites for hydroxylation is 1. The van der Waals surface area contributed by atoms with Gasteiger partial charge in [0.25, 0.3) is 0 Å². The van der Waals surface area contributed by atoms with Crippen molar-refractivity contribution in [2.45, 2.75) is 124 Å². The quantitative estimate of drug-likeness (QED) is 0.0428. The number of esters is 1. The van der Waals surface area contributed by atoms with Gasteiger partial charge in [0.1, 0.15) is 17.1 Å². The maximum atomic E-state index is 12.5. The van der Waals surface area contributed by atoms with Crippen LogP contribution in [-0.4, -0.2) is 27.5 Å². The van der Waals surface area contributed by atoms with Crippen molar-refractivity contribution < 1.29 is 43.3 Å². The first kappa shape index (κ1) is 36.9. The number of ether oxygens (including phenoxy) is 2. The zero-order valence-electron chi connectivity index (χ0n) is 26.6. The van der Waals surface area contributed by atoms with Crippen LogP contribution >= 0.6 is 16.1 Å². The molecule has 11 heteroatoms. The minimum atomic E-state index is -2.82. The molecule has 2 N–H and O–H groups in total. The van der Waals surface area contributed by atoms with E-state index in [1.807, 2.05) is 19.9 Å². The summed E-state index contributed by atoms with van der Waals surface area (Å²) in [5.74, 6) is 0.582. The number of allylic oxidation sites excluding steroid dienone is 6. The number of fused-ring (bicyclic) bond motifs is 1. The van der Waals surface area contributed by atoms with Gasteiger partial charge in [0, 0.05) is 9.35 Å². The Morgan fingerprint density at radius 1 is 0.953 bits per heavy atom. The van der Waals surface area contributed by atoms with Gasteiger partial charge in [-0.05, 0) is 132 Å². The molecule has 0 saturated carbocycles. The summed E-state index contributed by atoms with van der Waals surface area (Å²) in [5.41, 5.74) is 6.54. The average Bonchev–Trinajstić information content (AvgIpc) is 2.95. The SMILES string of the molecule is CC(C)=CCC/C(C)=C\CC/C(C)=C\CCC1(C)CCc2cc(OC(=O)CCC([P+](=O)OO)[P+](=O)OO)c(C)c(C)c2O1. The van der Waals surface area contributed by atoms with Crippen LogP contribution in [0, 0.1) is 13.8 Å². The predicted octanol–water partition coefficient (Wildman–Crippen LogP) is 10.1. The number of benzene rings is 1. The summed E-state index contributed by atoms with van der Waals surface area (Å²) in [7, 11) is -5.63. The third kappa shape index (κ3) is 12.0. The maximum absolute atomic E-state index is 12.5. The summed E-state index contributed by atoms with van der Waals surface area (Å²) in [6.07, 6.45) is 14.2. The van der Waals surface area contributed by atoms with E-state index in [2.05, 4.69) is 62.2 Å². The van der Waals surface area contributed by atoms with Gasteiger partial charge in [-0.2, -0.15) is 0 Å². The molecule has 1 aromatic rings. The third-order valence-corrected chi connectivity index (χ3v) is 10.9. The minimum absolute atomic E-state index is 0.240. The molecular formula is C32H48O9P2+2. The Morgan fingerprint density at radius 3 is 2.12 bits per heavy atom. The molecule has 1 aliphatic heterocycles. The van der Waals surface area contributed by atoms with E-state index < -0.39 is 27.4 Å². The molecule has 0 fully saturated rings. The van der Waals surface area contributed by atoms with Gasteiger partial charge in [0.15, 0.2) is 0 Å². The lowest BCUT2D eigenvalue weighted by Gasteiger charge is -2.37. The van der Waals surface area contributed by atoms with Gasteiger partial charge in [0.2, 0.25) is 0 Å². The Kier molecular flexibility index (Phi) is 15.4. The highest BCUT2D eigenvalue weighted by molar-refractivity contribution is 7.58. The van der Waals surface area contributed by atoms with Gasteiger partial charge in [0.05, 0.1) is 12.8 Å². The van der Waals surface area contributed by atoms with Crippen LogP contribution < -0.4 is 9.47 Å². The molecule has 0 spiro atoms. The van der Waals surface area contributed by atoms with Crippen molar-refractivity contribution in [2.24, 2.45) is 0 Å². The van der Waals surface area contributed by atoms with E-state index in [1.165, 1.54) is 16.7 Å². The second kappa shape index (κ2) is 17.9. The highest BCUT2D eigenvalue weighted by Crippen LogP contribution is 2.48. The lowest BCUT2D eigenvalue weighted by molar-refractivity contribution is -0.137. The number of hydrogen-bond donors (Lipinski definition) is 2. The summed E-state index contributed by atoms with van der Waals surface area (Å²) in [6.45, 7) is 14.6. The van der Waals surface area contributed by atoms with Gasteiger partial charge in [-0.1, -0.05) is 34.9 Å². The smallest absolute Gasteiger partial charge is 0.487 e. The number of carbonyl (C=O) groups excluding carboxylic acids is 1. The van der Waals surface area contributed by atoms with Gasteiger partial charge < -0.3 is 9.47 Å². The van der Waals surface area contributed by atoms with Crippen molar-refractivity contribution in [3.05, 3.63) is 57.7 Å². The van der Waals surface area contributed by atoms with E-state index in [9.17, 15) is 13.9 Å². The van der Waals surface area contributed by atoms with Gasteiger partial charge in [-0.3, -0.25) is 4.79 Å². The van der Waals surface area contributed by atoms with Crippen molar-refractivity contribution >= 4 is 22.0 Å². The molecule has 0 amide bonds. The molecule has 3 atom stereocenters. The summed E-state index contributed by atoms with van der Waals surface area (Å²) in [5, 5.41) is 15.9. The van der Waals surface area contributed by atoms with E-state index >= 15 is 0 Å². The van der Waals surface area contributed by atoms with Crippen LogP contribution in [0.3, 0.4) is 0 Å². The summed E-state index contributed by atoms with van der Waals surface area (Å²) in [6, 6.07) is 1.82. The van der Waals surface area contributed by atoms with Crippen molar-refractivity contribution in [1.82, 2.24) is 0 Å². The molecule has 1 aromatic carbocycles. The zero-order valence-corrected chi connectivity index (χ0v) is 28.4. The molecule has 0 radical (unpaired) electrons. The Labute approximate surface area is 257 Å². The molecule has 0 aromatic heterocycles. The first-order valence-electron chi connectivity index (χ1n) is 14.8. The van der Waals surface area contributed by atoms with Crippen LogP contribution in [0.15, 0.2) is 41.0 Å². The average molecular weight is 639 g/mol. The number of carbonyl (C=O) groups is 1. The Hall–Kier alpha value is -2.25. The maximum Gasteiger partial charge on any atom is 0.598 e. The van der Waals surface area contributed by atoms with Crippen molar-refractivity contribution in [1.29, 1.82) is 0 Å².